The Balaban J connectivity index is 2.13. The second-order valence-electron chi connectivity index (χ2n) is 6.46. The smallest absolute Gasteiger partial charge is 0.399 e. The fourth-order valence-corrected chi connectivity index (χ4v) is 2.37. The van der Waals surface area contributed by atoms with Crippen molar-refractivity contribution in [1.82, 2.24) is 0 Å². The van der Waals surface area contributed by atoms with Crippen LogP contribution in [0.2, 0.25) is 0 Å². The number of rotatable bonds is 5. The van der Waals surface area contributed by atoms with Crippen molar-refractivity contribution >= 4 is 12.6 Å². The molecule has 0 aromatic heterocycles. The quantitative estimate of drug-likeness (QED) is 0.781. The van der Waals surface area contributed by atoms with Crippen LogP contribution in [0, 0.1) is 0 Å². The molecule has 21 heavy (non-hydrogen) atoms. The molecule has 1 aromatic carbocycles. The fraction of sp³-hybridized carbons (Fsp3) is 0.625. The second kappa shape index (κ2) is 6.07. The second-order valence-corrected chi connectivity index (χ2v) is 6.46. The lowest BCUT2D eigenvalue weighted by molar-refractivity contribution is 0.00578. The minimum atomic E-state index is -0.391. The van der Waals surface area contributed by atoms with Gasteiger partial charge in [-0.05, 0) is 38.7 Å². The van der Waals surface area contributed by atoms with Gasteiger partial charge in [-0.2, -0.15) is 0 Å². The van der Waals surface area contributed by atoms with E-state index in [4.69, 9.17) is 14.0 Å². The number of hydrogen-bond acceptors (Lipinski definition) is 3. The molecule has 1 atom stereocenters. The molecule has 0 saturated carbocycles. The Morgan fingerprint density at radius 2 is 1.62 bits per heavy atom. The highest BCUT2D eigenvalue weighted by molar-refractivity contribution is 6.62. The highest BCUT2D eigenvalue weighted by atomic mass is 19.1. The summed E-state index contributed by atoms with van der Waals surface area (Å²) in [7, 11) is 1.23. The molecule has 0 N–H and O–H groups in total. The Morgan fingerprint density at radius 1 is 1.10 bits per heavy atom. The Morgan fingerprint density at radius 3 is 2.05 bits per heavy atom. The zero-order chi connectivity index (χ0) is 15.7. The van der Waals surface area contributed by atoms with Crippen molar-refractivity contribution in [2.24, 2.45) is 0 Å². The van der Waals surface area contributed by atoms with Crippen LogP contribution in [0.15, 0.2) is 24.3 Å². The summed E-state index contributed by atoms with van der Waals surface area (Å²) in [5.74, 6) is 0. The van der Waals surface area contributed by atoms with Gasteiger partial charge in [-0.3, -0.25) is 4.39 Å². The fourth-order valence-electron chi connectivity index (χ4n) is 2.37. The van der Waals surface area contributed by atoms with E-state index in [9.17, 15) is 4.39 Å². The minimum absolute atomic E-state index is 0.206. The van der Waals surface area contributed by atoms with E-state index >= 15 is 0 Å². The molecule has 5 heteroatoms. The highest BCUT2D eigenvalue weighted by Gasteiger charge is 2.51. The molecule has 1 heterocycles. The Kier molecular flexibility index (Phi) is 4.76. The largest absolute Gasteiger partial charge is 0.494 e. The third-order valence-electron chi connectivity index (χ3n) is 4.49. The van der Waals surface area contributed by atoms with Crippen molar-refractivity contribution in [2.75, 3.05) is 13.8 Å². The van der Waals surface area contributed by atoms with Gasteiger partial charge in [0.1, 0.15) is 0 Å². The van der Waals surface area contributed by atoms with Crippen LogP contribution in [0.3, 0.4) is 0 Å². The summed E-state index contributed by atoms with van der Waals surface area (Å²) in [6, 6.07) is 7.82. The van der Waals surface area contributed by atoms with Gasteiger partial charge < -0.3 is 14.0 Å². The molecule has 2 rings (SSSR count). The van der Waals surface area contributed by atoms with E-state index in [-0.39, 0.29) is 24.4 Å². The summed E-state index contributed by atoms with van der Waals surface area (Å²) in [6.45, 7) is 7.73. The molecule has 116 valence electrons. The van der Waals surface area contributed by atoms with E-state index in [0.717, 1.165) is 11.0 Å². The summed E-state index contributed by atoms with van der Waals surface area (Å²) < 4.78 is 29.8. The van der Waals surface area contributed by atoms with Gasteiger partial charge in [0.2, 0.25) is 0 Å². The number of alkyl halides is 1. The van der Waals surface area contributed by atoms with Crippen molar-refractivity contribution in [3.8, 4) is 0 Å². The van der Waals surface area contributed by atoms with Crippen molar-refractivity contribution in [2.45, 2.75) is 51.4 Å². The maximum atomic E-state index is 12.5. The first kappa shape index (κ1) is 16.5. The molecule has 1 aliphatic heterocycles. The van der Waals surface area contributed by atoms with E-state index in [1.54, 1.807) is 7.11 Å². The molecular formula is C16H24BFO3. The standard InChI is InChI=1S/C16H24BFO3/c1-15(2)16(3,4)21-17(20-15)13-8-6-12(7-9-13)14(19-5)10-11-18/h6-9,14H,10-11H2,1-5H3/t14-/m0/s1. The number of benzene rings is 1. The van der Waals surface area contributed by atoms with Gasteiger partial charge in [-0.25, -0.2) is 0 Å². The average Bonchev–Trinajstić information content (AvgIpc) is 2.65. The van der Waals surface area contributed by atoms with E-state index in [2.05, 4.69) is 0 Å². The minimum Gasteiger partial charge on any atom is -0.399 e. The zero-order valence-corrected chi connectivity index (χ0v) is 13.5. The lowest BCUT2D eigenvalue weighted by Crippen LogP contribution is -2.41. The topological polar surface area (TPSA) is 27.7 Å². The molecule has 0 amide bonds. The molecule has 0 unspecified atom stereocenters. The third kappa shape index (κ3) is 3.30. The van der Waals surface area contributed by atoms with E-state index < -0.39 is 6.67 Å². The predicted octanol–water partition coefficient (Wildman–Crippen LogP) is 3.03. The van der Waals surface area contributed by atoms with Gasteiger partial charge in [0.25, 0.3) is 0 Å². The van der Waals surface area contributed by atoms with Gasteiger partial charge in [0.05, 0.1) is 24.0 Å². The molecule has 3 nitrogen and oxygen atoms in total. The molecule has 1 saturated heterocycles. The predicted molar refractivity (Wildman–Crippen MR) is 82.5 cm³/mol. The van der Waals surface area contributed by atoms with Crippen LogP contribution in [0.5, 0.6) is 0 Å². The third-order valence-corrected chi connectivity index (χ3v) is 4.49. The van der Waals surface area contributed by atoms with E-state index in [0.29, 0.717) is 6.42 Å². The van der Waals surface area contributed by atoms with Crippen molar-refractivity contribution < 1.29 is 18.4 Å². The van der Waals surface area contributed by atoms with Crippen LogP contribution in [0.4, 0.5) is 4.39 Å². The van der Waals surface area contributed by atoms with Crippen LogP contribution in [0.1, 0.15) is 45.8 Å². The molecular weight excluding hydrogens is 270 g/mol. The molecule has 0 radical (unpaired) electrons. The SMILES string of the molecule is CO[C@@H](CCF)c1ccc(B2OC(C)(C)C(C)(C)O2)cc1. The Bertz CT molecular complexity index is 457. The van der Waals surface area contributed by atoms with Gasteiger partial charge in [-0.15, -0.1) is 0 Å². The number of ether oxygens (including phenoxy) is 1. The van der Waals surface area contributed by atoms with Gasteiger partial charge in [0, 0.05) is 13.5 Å². The average molecular weight is 294 g/mol. The lowest BCUT2D eigenvalue weighted by Gasteiger charge is -2.32. The van der Waals surface area contributed by atoms with Crippen LogP contribution in [-0.2, 0) is 14.0 Å². The van der Waals surface area contributed by atoms with Crippen LogP contribution in [-0.4, -0.2) is 32.1 Å². The summed E-state index contributed by atoms with van der Waals surface area (Å²) in [5, 5.41) is 0. The normalized spacial score (nSPS) is 21.5. The van der Waals surface area contributed by atoms with Crippen LogP contribution in [0.25, 0.3) is 0 Å². The molecule has 0 aliphatic carbocycles. The Hall–Kier alpha value is -0.905. The summed E-state index contributed by atoms with van der Waals surface area (Å²) in [6.07, 6.45) is 0.161. The zero-order valence-electron chi connectivity index (χ0n) is 13.5. The van der Waals surface area contributed by atoms with Gasteiger partial charge in [0.15, 0.2) is 0 Å². The van der Waals surface area contributed by atoms with Gasteiger partial charge in [-0.1, -0.05) is 24.3 Å². The van der Waals surface area contributed by atoms with Crippen molar-refractivity contribution in [3.05, 3.63) is 29.8 Å². The molecule has 1 aromatic rings. The number of hydrogen-bond donors (Lipinski definition) is 0. The summed E-state index contributed by atoms with van der Waals surface area (Å²) in [5.41, 5.74) is 1.24. The first-order valence-electron chi connectivity index (χ1n) is 7.35. The highest BCUT2D eigenvalue weighted by Crippen LogP contribution is 2.36. The van der Waals surface area contributed by atoms with Gasteiger partial charge >= 0.3 is 7.12 Å². The monoisotopic (exact) mass is 294 g/mol. The van der Waals surface area contributed by atoms with Crippen molar-refractivity contribution in [1.29, 1.82) is 0 Å². The van der Waals surface area contributed by atoms with E-state index in [1.807, 2.05) is 52.0 Å². The first-order chi connectivity index (χ1) is 9.80. The summed E-state index contributed by atoms with van der Waals surface area (Å²) in [4.78, 5) is 0. The molecule has 1 aliphatic rings. The number of methoxy groups -OCH3 is 1. The maximum absolute atomic E-state index is 12.5. The van der Waals surface area contributed by atoms with Crippen LogP contribution < -0.4 is 5.46 Å². The molecule has 0 bridgehead atoms. The number of halogens is 1. The Labute approximate surface area is 126 Å². The first-order valence-corrected chi connectivity index (χ1v) is 7.35. The van der Waals surface area contributed by atoms with E-state index in [1.165, 1.54) is 0 Å². The molecule has 1 fully saturated rings. The summed E-state index contributed by atoms with van der Waals surface area (Å²) >= 11 is 0. The van der Waals surface area contributed by atoms with Crippen LogP contribution >= 0.6 is 0 Å². The molecule has 0 spiro atoms. The maximum Gasteiger partial charge on any atom is 0.494 e. The lowest BCUT2D eigenvalue weighted by atomic mass is 9.78. The van der Waals surface area contributed by atoms with Crippen molar-refractivity contribution in [3.63, 3.8) is 0 Å².